The lowest BCUT2D eigenvalue weighted by molar-refractivity contribution is -0.121. The SMILES string of the molecule is CNC(C)(C)C(=O)Nc1nc(C(C)C)cs1. The Morgan fingerprint density at radius 1 is 1.50 bits per heavy atom. The van der Waals surface area contributed by atoms with Crippen molar-refractivity contribution in [3.8, 4) is 0 Å². The van der Waals surface area contributed by atoms with E-state index in [1.165, 1.54) is 11.3 Å². The molecule has 16 heavy (non-hydrogen) atoms. The minimum atomic E-state index is -0.580. The number of likely N-dealkylation sites (N-methyl/N-ethyl adjacent to an activating group) is 1. The fourth-order valence-corrected chi connectivity index (χ4v) is 1.84. The van der Waals surface area contributed by atoms with Gasteiger partial charge in [0.05, 0.1) is 11.2 Å². The molecule has 0 aliphatic carbocycles. The molecule has 4 nitrogen and oxygen atoms in total. The average molecular weight is 241 g/mol. The molecule has 1 aromatic heterocycles. The minimum Gasteiger partial charge on any atom is -0.307 e. The zero-order valence-electron chi connectivity index (χ0n) is 10.4. The summed E-state index contributed by atoms with van der Waals surface area (Å²) in [5.41, 5.74) is 0.437. The van der Waals surface area contributed by atoms with Crippen LogP contribution >= 0.6 is 11.3 Å². The van der Waals surface area contributed by atoms with Crippen molar-refractivity contribution in [1.82, 2.24) is 10.3 Å². The molecule has 0 aliphatic heterocycles. The Morgan fingerprint density at radius 2 is 2.12 bits per heavy atom. The number of nitrogens with zero attached hydrogens (tertiary/aromatic N) is 1. The Labute approximate surface area is 100 Å². The molecule has 0 saturated carbocycles. The van der Waals surface area contributed by atoms with Crippen LogP contribution in [0.4, 0.5) is 5.13 Å². The van der Waals surface area contributed by atoms with Gasteiger partial charge in [-0.05, 0) is 26.8 Å². The highest BCUT2D eigenvalue weighted by Crippen LogP contribution is 2.22. The highest BCUT2D eigenvalue weighted by molar-refractivity contribution is 7.13. The van der Waals surface area contributed by atoms with Crippen molar-refractivity contribution in [3.63, 3.8) is 0 Å². The van der Waals surface area contributed by atoms with Gasteiger partial charge in [0.1, 0.15) is 0 Å². The topological polar surface area (TPSA) is 54.0 Å². The van der Waals surface area contributed by atoms with Crippen LogP contribution in [0.3, 0.4) is 0 Å². The summed E-state index contributed by atoms with van der Waals surface area (Å²) in [6.45, 7) is 7.83. The van der Waals surface area contributed by atoms with Crippen LogP contribution in [0, 0.1) is 0 Å². The van der Waals surface area contributed by atoms with Crippen LogP contribution in [-0.4, -0.2) is 23.5 Å². The van der Waals surface area contributed by atoms with Gasteiger partial charge in [-0.3, -0.25) is 4.79 Å². The molecule has 5 heteroatoms. The van der Waals surface area contributed by atoms with Gasteiger partial charge in [-0.15, -0.1) is 11.3 Å². The number of thiazole rings is 1. The highest BCUT2D eigenvalue weighted by Gasteiger charge is 2.25. The molecule has 0 radical (unpaired) electrons. The van der Waals surface area contributed by atoms with Crippen LogP contribution in [0.15, 0.2) is 5.38 Å². The van der Waals surface area contributed by atoms with Crippen LogP contribution in [-0.2, 0) is 4.79 Å². The van der Waals surface area contributed by atoms with Crippen molar-refractivity contribution >= 4 is 22.4 Å². The van der Waals surface area contributed by atoms with Crippen LogP contribution in [0.25, 0.3) is 0 Å². The molecule has 1 heterocycles. The Balaban J connectivity index is 2.70. The number of anilines is 1. The van der Waals surface area contributed by atoms with Gasteiger partial charge in [-0.1, -0.05) is 13.8 Å². The third kappa shape index (κ3) is 3.02. The largest absolute Gasteiger partial charge is 0.307 e. The molecule has 0 aliphatic rings. The Hall–Kier alpha value is -0.940. The Bertz CT molecular complexity index is 371. The quantitative estimate of drug-likeness (QED) is 0.849. The van der Waals surface area contributed by atoms with E-state index in [4.69, 9.17) is 0 Å². The second-order valence-electron chi connectivity index (χ2n) is 4.56. The summed E-state index contributed by atoms with van der Waals surface area (Å²) in [6, 6.07) is 0. The Kier molecular flexibility index (Phi) is 4.04. The minimum absolute atomic E-state index is 0.0698. The maximum absolute atomic E-state index is 11.8. The lowest BCUT2D eigenvalue weighted by atomic mass is 10.1. The number of rotatable bonds is 4. The fraction of sp³-hybridized carbons (Fsp3) is 0.636. The predicted molar refractivity (Wildman–Crippen MR) is 68.0 cm³/mol. The first-order chi connectivity index (χ1) is 7.36. The Morgan fingerprint density at radius 3 is 2.56 bits per heavy atom. The maximum Gasteiger partial charge on any atom is 0.245 e. The average Bonchev–Trinajstić information content (AvgIpc) is 2.66. The molecule has 1 amide bonds. The molecular formula is C11H19N3OS. The van der Waals surface area contributed by atoms with Crippen molar-refractivity contribution in [2.24, 2.45) is 0 Å². The van der Waals surface area contributed by atoms with E-state index in [1.54, 1.807) is 7.05 Å². The number of amides is 1. The van der Waals surface area contributed by atoms with Gasteiger partial charge in [0.15, 0.2) is 5.13 Å². The highest BCUT2D eigenvalue weighted by atomic mass is 32.1. The zero-order chi connectivity index (χ0) is 12.3. The van der Waals surface area contributed by atoms with Gasteiger partial charge >= 0.3 is 0 Å². The van der Waals surface area contributed by atoms with Crippen molar-refractivity contribution in [1.29, 1.82) is 0 Å². The second-order valence-corrected chi connectivity index (χ2v) is 5.42. The number of carbonyl (C=O) groups excluding carboxylic acids is 1. The van der Waals surface area contributed by atoms with Crippen LogP contribution in [0.2, 0.25) is 0 Å². The van der Waals surface area contributed by atoms with Crippen LogP contribution in [0.1, 0.15) is 39.3 Å². The molecule has 90 valence electrons. The van der Waals surface area contributed by atoms with Gasteiger partial charge in [0.2, 0.25) is 5.91 Å². The van der Waals surface area contributed by atoms with Crippen LogP contribution < -0.4 is 10.6 Å². The summed E-state index contributed by atoms with van der Waals surface area (Å²) in [7, 11) is 1.76. The summed E-state index contributed by atoms with van der Waals surface area (Å²) >= 11 is 1.46. The first-order valence-electron chi connectivity index (χ1n) is 5.32. The predicted octanol–water partition coefficient (Wildman–Crippen LogP) is 2.20. The molecule has 0 bridgehead atoms. The van der Waals surface area contributed by atoms with Gasteiger partial charge < -0.3 is 10.6 Å². The van der Waals surface area contributed by atoms with Crippen LogP contribution in [0.5, 0.6) is 0 Å². The third-order valence-electron chi connectivity index (χ3n) is 2.53. The number of aromatic nitrogens is 1. The van der Waals surface area contributed by atoms with E-state index in [9.17, 15) is 4.79 Å². The molecule has 1 aromatic rings. The molecule has 0 unspecified atom stereocenters. The molecule has 0 fully saturated rings. The number of carbonyl (C=O) groups is 1. The normalized spacial score (nSPS) is 11.9. The van der Waals surface area contributed by atoms with Gasteiger partial charge in [-0.2, -0.15) is 0 Å². The van der Waals surface area contributed by atoms with Gasteiger partial charge in [-0.25, -0.2) is 4.98 Å². The molecule has 0 aromatic carbocycles. The van der Waals surface area contributed by atoms with E-state index in [0.29, 0.717) is 11.0 Å². The van der Waals surface area contributed by atoms with E-state index < -0.39 is 5.54 Å². The van der Waals surface area contributed by atoms with Crippen molar-refractivity contribution in [3.05, 3.63) is 11.1 Å². The molecule has 1 rings (SSSR count). The van der Waals surface area contributed by atoms with Gasteiger partial charge in [0, 0.05) is 5.38 Å². The van der Waals surface area contributed by atoms with Crippen molar-refractivity contribution in [2.45, 2.75) is 39.2 Å². The summed E-state index contributed by atoms with van der Waals surface area (Å²) < 4.78 is 0. The number of hydrogen-bond donors (Lipinski definition) is 2. The van der Waals surface area contributed by atoms with E-state index in [1.807, 2.05) is 19.2 Å². The fourth-order valence-electron chi connectivity index (χ4n) is 0.976. The number of nitrogens with one attached hydrogen (secondary N) is 2. The monoisotopic (exact) mass is 241 g/mol. The third-order valence-corrected chi connectivity index (χ3v) is 3.30. The standard InChI is InChI=1S/C11H19N3OS/c1-7(2)8-6-16-10(13-8)14-9(15)11(3,4)12-5/h6-7,12H,1-5H3,(H,13,14,15). The lowest BCUT2D eigenvalue weighted by Gasteiger charge is -2.21. The van der Waals surface area contributed by atoms with Gasteiger partial charge in [0.25, 0.3) is 0 Å². The van der Waals surface area contributed by atoms with E-state index >= 15 is 0 Å². The zero-order valence-corrected chi connectivity index (χ0v) is 11.2. The molecule has 2 N–H and O–H groups in total. The summed E-state index contributed by atoms with van der Waals surface area (Å²) in [6.07, 6.45) is 0. The summed E-state index contributed by atoms with van der Waals surface area (Å²) in [5, 5.41) is 8.41. The smallest absolute Gasteiger partial charge is 0.245 e. The summed E-state index contributed by atoms with van der Waals surface area (Å²) in [4.78, 5) is 16.2. The lowest BCUT2D eigenvalue weighted by Crippen LogP contribution is -2.47. The molecular weight excluding hydrogens is 222 g/mol. The van der Waals surface area contributed by atoms with Crippen molar-refractivity contribution < 1.29 is 4.79 Å². The molecule has 0 saturated heterocycles. The van der Waals surface area contributed by atoms with E-state index in [-0.39, 0.29) is 5.91 Å². The first kappa shape index (κ1) is 13.1. The summed E-state index contributed by atoms with van der Waals surface area (Å²) in [5.74, 6) is 0.318. The first-order valence-corrected chi connectivity index (χ1v) is 6.20. The van der Waals surface area contributed by atoms with E-state index in [2.05, 4.69) is 29.5 Å². The number of hydrogen-bond acceptors (Lipinski definition) is 4. The van der Waals surface area contributed by atoms with E-state index in [0.717, 1.165) is 5.69 Å². The molecule has 0 atom stereocenters. The molecule has 0 spiro atoms. The maximum atomic E-state index is 11.8. The van der Waals surface area contributed by atoms with Crippen molar-refractivity contribution in [2.75, 3.05) is 12.4 Å². The second kappa shape index (κ2) is 4.93.